The number of carbonyl (C=O) groups excluding carboxylic acids is 1. The highest BCUT2D eigenvalue weighted by Gasteiger charge is 2.05. The van der Waals surface area contributed by atoms with Crippen LogP contribution in [0.3, 0.4) is 0 Å². The van der Waals surface area contributed by atoms with Crippen LogP contribution in [-0.4, -0.2) is 25.3 Å². The van der Waals surface area contributed by atoms with Gasteiger partial charge in [0.2, 0.25) is 0 Å². The molecule has 2 rings (SSSR count). The summed E-state index contributed by atoms with van der Waals surface area (Å²) in [5.41, 5.74) is 5.48. The summed E-state index contributed by atoms with van der Waals surface area (Å²) in [6, 6.07) is 13.2. The van der Waals surface area contributed by atoms with Gasteiger partial charge in [-0.15, -0.1) is 0 Å². The first kappa shape index (κ1) is 17.5. The average Bonchev–Trinajstić information content (AvgIpc) is 2.58. The summed E-state index contributed by atoms with van der Waals surface area (Å²) in [7, 11) is 0. The average molecular weight is 326 g/mol. The molecule has 0 radical (unpaired) electrons. The van der Waals surface area contributed by atoms with E-state index in [0.717, 1.165) is 22.4 Å². The molecule has 2 aromatic rings. The van der Waals surface area contributed by atoms with Crippen LogP contribution < -0.4 is 14.9 Å². The Labute approximate surface area is 142 Å². The summed E-state index contributed by atoms with van der Waals surface area (Å²) in [5.74, 6) is 1.21. The maximum Gasteiger partial charge on any atom is 0.277 e. The van der Waals surface area contributed by atoms with Gasteiger partial charge in [-0.3, -0.25) is 4.79 Å². The number of benzene rings is 2. The molecule has 0 aliphatic heterocycles. The van der Waals surface area contributed by atoms with Crippen molar-refractivity contribution in [2.75, 3.05) is 13.2 Å². The van der Waals surface area contributed by atoms with Crippen LogP contribution in [0.5, 0.6) is 11.5 Å². The Balaban J connectivity index is 1.81. The largest absolute Gasteiger partial charge is 0.494 e. The normalized spacial score (nSPS) is 10.6. The Bertz CT molecular complexity index is 709. The molecule has 24 heavy (non-hydrogen) atoms. The predicted octanol–water partition coefficient (Wildman–Crippen LogP) is 3.23. The van der Waals surface area contributed by atoms with Crippen molar-refractivity contribution in [3.8, 4) is 11.5 Å². The molecule has 0 saturated carbocycles. The summed E-state index contributed by atoms with van der Waals surface area (Å²) in [5, 5.41) is 3.92. The fourth-order valence-electron chi connectivity index (χ4n) is 2.05. The van der Waals surface area contributed by atoms with Crippen molar-refractivity contribution < 1.29 is 14.3 Å². The smallest absolute Gasteiger partial charge is 0.277 e. The third kappa shape index (κ3) is 5.12. The fraction of sp³-hybridized carbons (Fsp3) is 0.263. The van der Waals surface area contributed by atoms with Crippen molar-refractivity contribution >= 4 is 12.1 Å². The summed E-state index contributed by atoms with van der Waals surface area (Å²) in [6.45, 7) is 6.45. The van der Waals surface area contributed by atoms with Crippen LogP contribution in [-0.2, 0) is 4.79 Å². The molecule has 0 atom stereocenters. The monoisotopic (exact) mass is 326 g/mol. The molecule has 0 unspecified atom stereocenters. The van der Waals surface area contributed by atoms with Crippen LogP contribution in [0.2, 0.25) is 0 Å². The van der Waals surface area contributed by atoms with Gasteiger partial charge in [-0.1, -0.05) is 12.1 Å². The maximum absolute atomic E-state index is 11.8. The summed E-state index contributed by atoms with van der Waals surface area (Å²) in [4.78, 5) is 11.8. The molecule has 5 nitrogen and oxygen atoms in total. The van der Waals surface area contributed by atoms with Crippen molar-refractivity contribution in [2.45, 2.75) is 20.8 Å². The molecule has 1 N–H and O–H groups in total. The lowest BCUT2D eigenvalue weighted by Crippen LogP contribution is -2.24. The molecule has 126 valence electrons. The van der Waals surface area contributed by atoms with Crippen molar-refractivity contribution in [1.82, 2.24) is 5.43 Å². The standard InChI is InChI=1S/C19H22N2O3/c1-4-23-17-10-8-16(9-11-17)12-20-21-19(22)13-24-18-7-5-6-14(2)15(18)3/h5-12H,4,13H2,1-3H3,(H,21,22). The molecule has 5 heteroatoms. The second-order valence-electron chi connectivity index (χ2n) is 5.28. The van der Waals surface area contributed by atoms with Gasteiger partial charge in [0.25, 0.3) is 5.91 Å². The van der Waals surface area contributed by atoms with Crippen LogP contribution in [0, 0.1) is 13.8 Å². The van der Waals surface area contributed by atoms with Crippen molar-refractivity contribution in [3.63, 3.8) is 0 Å². The topological polar surface area (TPSA) is 59.9 Å². The molecule has 0 saturated heterocycles. The van der Waals surface area contributed by atoms with Gasteiger partial charge in [0, 0.05) is 0 Å². The van der Waals surface area contributed by atoms with E-state index >= 15 is 0 Å². The maximum atomic E-state index is 11.8. The van der Waals surface area contributed by atoms with Gasteiger partial charge in [-0.05, 0) is 67.8 Å². The number of carbonyl (C=O) groups is 1. The van der Waals surface area contributed by atoms with E-state index < -0.39 is 0 Å². The Morgan fingerprint density at radius 1 is 1.12 bits per heavy atom. The van der Waals surface area contributed by atoms with Crippen LogP contribution in [0.25, 0.3) is 0 Å². The van der Waals surface area contributed by atoms with Gasteiger partial charge in [0.05, 0.1) is 12.8 Å². The Morgan fingerprint density at radius 2 is 1.88 bits per heavy atom. The minimum atomic E-state index is -0.307. The minimum absolute atomic E-state index is 0.0785. The summed E-state index contributed by atoms with van der Waals surface area (Å²) < 4.78 is 10.9. The fourth-order valence-corrected chi connectivity index (χ4v) is 2.05. The molecule has 0 spiro atoms. The lowest BCUT2D eigenvalue weighted by atomic mass is 10.1. The van der Waals surface area contributed by atoms with Crippen LogP contribution in [0.1, 0.15) is 23.6 Å². The highest BCUT2D eigenvalue weighted by molar-refractivity contribution is 5.83. The van der Waals surface area contributed by atoms with E-state index in [2.05, 4.69) is 10.5 Å². The van der Waals surface area contributed by atoms with Crippen molar-refractivity contribution in [3.05, 3.63) is 59.2 Å². The molecule has 0 fully saturated rings. The third-order valence-electron chi connectivity index (χ3n) is 3.51. The minimum Gasteiger partial charge on any atom is -0.494 e. The molecule has 0 aromatic heterocycles. The van der Waals surface area contributed by atoms with E-state index in [0.29, 0.717) is 12.4 Å². The van der Waals surface area contributed by atoms with E-state index in [1.807, 2.05) is 63.2 Å². The van der Waals surface area contributed by atoms with Crippen LogP contribution >= 0.6 is 0 Å². The number of ether oxygens (including phenoxy) is 2. The number of amides is 1. The lowest BCUT2D eigenvalue weighted by molar-refractivity contribution is -0.123. The molecule has 0 aliphatic carbocycles. The number of rotatable bonds is 7. The molecule has 0 aliphatic rings. The molecular weight excluding hydrogens is 304 g/mol. The summed E-state index contributed by atoms with van der Waals surface area (Å²) >= 11 is 0. The number of nitrogens with zero attached hydrogens (tertiary/aromatic N) is 1. The first-order valence-electron chi connectivity index (χ1n) is 7.84. The van der Waals surface area contributed by atoms with Gasteiger partial charge < -0.3 is 9.47 Å². The van der Waals surface area contributed by atoms with Gasteiger partial charge in [-0.25, -0.2) is 5.43 Å². The van der Waals surface area contributed by atoms with Crippen LogP contribution in [0.15, 0.2) is 47.6 Å². The van der Waals surface area contributed by atoms with Crippen molar-refractivity contribution in [2.24, 2.45) is 5.10 Å². The van der Waals surface area contributed by atoms with Gasteiger partial charge in [0.15, 0.2) is 6.61 Å². The number of hydrogen-bond donors (Lipinski definition) is 1. The second kappa shape index (κ2) is 8.72. The van der Waals surface area contributed by atoms with E-state index in [-0.39, 0.29) is 12.5 Å². The van der Waals surface area contributed by atoms with E-state index in [1.165, 1.54) is 0 Å². The number of aryl methyl sites for hydroxylation is 1. The van der Waals surface area contributed by atoms with E-state index in [4.69, 9.17) is 9.47 Å². The predicted molar refractivity (Wildman–Crippen MR) is 94.8 cm³/mol. The Hall–Kier alpha value is -2.82. The SMILES string of the molecule is CCOc1ccc(C=NNC(=O)COc2cccc(C)c2C)cc1. The highest BCUT2D eigenvalue weighted by Crippen LogP contribution is 2.20. The number of hydrogen-bond acceptors (Lipinski definition) is 4. The molecule has 1 amide bonds. The highest BCUT2D eigenvalue weighted by atomic mass is 16.5. The number of hydrazone groups is 1. The zero-order chi connectivity index (χ0) is 17.4. The zero-order valence-corrected chi connectivity index (χ0v) is 14.2. The van der Waals surface area contributed by atoms with Gasteiger partial charge in [0.1, 0.15) is 11.5 Å². The molecule has 0 bridgehead atoms. The second-order valence-corrected chi connectivity index (χ2v) is 5.28. The lowest BCUT2D eigenvalue weighted by Gasteiger charge is -2.09. The summed E-state index contributed by atoms with van der Waals surface area (Å²) in [6.07, 6.45) is 1.57. The first-order valence-corrected chi connectivity index (χ1v) is 7.84. The number of nitrogens with one attached hydrogen (secondary N) is 1. The quantitative estimate of drug-likeness (QED) is 0.628. The van der Waals surface area contributed by atoms with E-state index in [1.54, 1.807) is 6.21 Å². The van der Waals surface area contributed by atoms with E-state index in [9.17, 15) is 4.79 Å². The molecule has 0 heterocycles. The third-order valence-corrected chi connectivity index (χ3v) is 3.51. The Morgan fingerprint density at radius 3 is 2.58 bits per heavy atom. The zero-order valence-electron chi connectivity index (χ0n) is 14.2. The first-order chi connectivity index (χ1) is 11.6. The van der Waals surface area contributed by atoms with Crippen LogP contribution in [0.4, 0.5) is 0 Å². The van der Waals surface area contributed by atoms with Gasteiger partial charge >= 0.3 is 0 Å². The molecular formula is C19H22N2O3. The van der Waals surface area contributed by atoms with Gasteiger partial charge in [-0.2, -0.15) is 5.10 Å². The Kier molecular flexibility index (Phi) is 6.37. The van der Waals surface area contributed by atoms with Crippen molar-refractivity contribution in [1.29, 1.82) is 0 Å². The molecule has 2 aromatic carbocycles.